The Hall–Kier alpha value is -3.51. The molecule has 0 spiro atoms. The van der Waals surface area contributed by atoms with Gasteiger partial charge >= 0.3 is 0 Å². The van der Waals surface area contributed by atoms with Gasteiger partial charge in [-0.1, -0.05) is 48.5 Å². The lowest BCUT2D eigenvalue weighted by atomic mass is 10.0. The van der Waals surface area contributed by atoms with Crippen LogP contribution >= 0.6 is 0 Å². The van der Waals surface area contributed by atoms with Crippen molar-refractivity contribution in [1.29, 1.82) is 0 Å². The van der Waals surface area contributed by atoms with Gasteiger partial charge in [0.15, 0.2) is 5.78 Å². The zero-order valence-corrected chi connectivity index (χ0v) is 16.7. The van der Waals surface area contributed by atoms with Gasteiger partial charge in [0.1, 0.15) is 0 Å². The zero-order valence-electron chi connectivity index (χ0n) is 16.7. The third-order valence-corrected chi connectivity index (χ3v) is 5.62. The molecule has 6 heteroatoms. The Labute approximate surface area is 175 Å². The van der Waals surface area contributed by atoms with Gasteiger partial charge in [-0.05, 0) is 17.7 Å². The molecule has 0 aliphatic carbocycles. The zero-order chi connectivity index (χ0) is 20.3. The van der Waals surface area contributed by atoms with E-state index in [4.69, 9.17) is 0 Å². The summed E-state index contributed by atoms with van der Waals surface area (Å²) < 4.78 is 0. The Balaban J connectivity index is 1.37. The quantitative estimate of drug-likeness (QED) is 0.521. The summed E-state index contributed by atoms with van der Waals surface area (Å²) in [6.45, 7) is 3.67. The van der Waals surface area contributed by atoms with E-state index in [0.717, 1.165) is 59.9 Å². The molecule has 1 N–H and O–H groups in total. The number of anilines is 1. The standard InChI is InChI=1S/C24H23N5O/c30-21(17-28-13-15-29(16-14-28)24-25-11-6-12-26-24)22-19-9-4-5-10-20(19)27-23(22)18-7-2-1-3-8-18/h1-12,27H,13-17H2. The van der Waals surface area contributed by atoms with Crippen LogP contribution < -0.4 is 4.90 Å². The van der Waals surface area contributed by atoms with Crippen LogP contribution in [0, 0.1) is 0 Å². The van der Waals surface area contributed by atoms with Crippen molar-refractivity contribution in [3.8, 4) is 11.3 Å². The molecule has 1 fully saturated rings. The molecule has 0 atom stereocenters. The molecule has 1 aliphatic heterocycles. The Kier molecular flexibility index (Phi) is 4.99. The fourth-order valence-corrected chi connectivity index (χ4v) is 4.10. The Morgan fingerprint density at radius 3 is 2.33 bits per heavy atom. The third-order valence-electron chi connectivity index (χ3n) is 5.62. The molecule has 150 valence electrons. The predicted octanol–water partition coefficient (Wildman–Crippen LogP) is 3.63. The number of H-pyrrole nitrogens is 1. The maximum atomic E-state index is 13.4. The van der Waals surface area contributed by atoms with E-state index in [9.17, 15) is 4.79 Å². The number of Topliss-reactive ketones (excluding diaryl/α,β-unsaturated/α-hetero) is 1. The Morgan fingerprint density at radius 2 is 1.57 bits per heavy atom. The number of ketones is 1. The summed E-state index contributed by atoms with van der Waals surface area (Å²) in [6, 6.07) is 19.9. The molecule has 6 nitrogen and oxygen atoms in total. The van der Waals surface area contributed by atoms with Crippen molar-refractivity contribution in [2.45, 2.75) is 0 Å². The van der Waals surface area contributed by atoms with E-state index in [0.29, 0.717) is 6.54 Å². The first-order valence-electron chi connectivity index (χ1n) is 10.2. The molecule has 0 amide bonds. The van der Waals surface area contributed by atoms with Crippen LogP contribution in [0.4, 0.5) is 5.95 Å². The highest BCUT2D eigenvalue weighted by atomic mass is 16.1. The summed E-state index contributed by atoms with van der Waals surface area (Å²) in [5, 5.41) is 0.984. The van der Waals surface area contributed by atoms with Crippen LogP contribution in [0.25, 0.3) is 22.2 Å². The summed E-state index contributed by atoms with van der Waals surface area (Å²) in [7, 11) is 0. The van der Waals surface area contributed by atoms with Crippen LogP contribution in [0.3, 0.4) is 0 Å². The molecule has 2 aromatic carbocycles. The van der Waals surface area contributed by atoms with E-state index in [1.165, 1.54) is 0 Å². The maximum absolute atomic E-state index is 13.4. The van der Waals surface area contributed by atoms with Gasteiger partial charge in [0.05, 0.1) is 17.8 Å². The number of fused-ring (bicyclic) bond motifs is 1. The Morgan fingerprint density at radius 1 is 0.867 bits per heavy atom. The van der Waals surface area contributed by atoms with Gasteiger partial charge in [0.25, 0.3) is 0 Å². The molecular weight excluding hydrogens is 374 g/mol. The summed E-state index contributed by atoms with van der Waals surface area (Å²) in [6.07, 6.45) is 3.53. The molecule has 0 bridgehead atoms. The highest BCUT2D eigenvalue weighted by Crippen LogP contribution is 2.31. The number of piperazine rings is 1. The van der Waals surface area contributed by atoms with Gasteiger partial charge in [-0.3, -0.25) is 9.69 Å². The minimum Gasteiger partial charge on any atom is -0.354 e. The van der Waals surface area contributed by atoms with Crippen LogP contribution in [-0.2, 0) is 0 Å². The van der Waals surface area contributed by atoms with Crippen molar-refractivity contribution in [3.63, 3.8) is 0 Å². The van der Waals surface area contributed by atoms with Crippen LogP contribution in [0.15, 0.2) is 73.1 Å². The van der Waals surface area contributed by atoms with E-state index >= 15 is 0 Å². The normalized spacial score (nSPS) is 14.9. The average Bonchev–Trinajstić information content (AvgIpc) is 3.21. The predicted molar refractivity (Wildman–Crippen MR) is 119 cm³/mol. The van der Waals surface area contributed by atoms with Gasteiger partial charge in [-0.15, -0.1) is 0 Å². The minimum atomic E-state index is 0.149. The second-order valence-corrected chi connectivity index (χ2v) is 7.52. The van der Waals surface area contributed by atoms with Crippen LogP contribution in [0.1, 0.15) is 10.4 Å². The van der Waals surface area contributed by atoms with E-state index < -0.39 is 0 Å². The van der Waals surface area contributed by atoms with Gasteiger partial charge in [0, 0.05) is 49.5 Å². The van der Waals surface area contributed by atoms with Crippen LogP contribution in [0.2, 0.25) is 0 Å². The molecule has 30 heavy (non-hydrogen) atoms. The number of hydrogen-bond acceptors (Lipinski definition) is 5. The number of nitrogens with one attached hydrogen (secondary N) is 1. The fraction of sp³-hybridized carbons (Fsp3) is 0.208. The van der Waals surface area contributed by atoms with E-state index in [1.807, 2.05) is 60.7 Å². The first kappa shape index (κ1) is 18.5. The second-order valence-electron chi connectivity index (χ2n) is 7.52. The van der Waals surface area contributed by atoms with E-state index in [1.54, 1.807) is 12.4 Å². The van der Waals surface area contributed by atoms with Crippen LogP contribution in [0.5, 0.6) is 0 Å². The third kappa shape index (κ3) is 3.57. The molecule has 4 aromatic rings. The SMILES string of the molecule is O=C(CN1CCN(c2ncccn2)CC1)c1c(-c2ccccc2)[nH]c2ccccc12. The second kappa shape index (κ2) is 8.08. The van der Waals surface area contributed by atoms with Crippen molar-refractivity contribution in [1.82, 2.24) is 19.9 Å². The van der Waals surface area contributed by atoms with E-state index in [2.05, 4.69) is 24.8 Å². The van der Waals surface area contributed by atoms with Gasteiger partial charge in [-0.2, -0.15) is 0 Å². The number of aromatic amines is 1. The minimum absolute atomic E-state index is 0.149. The lowest BCUT2D eigenvalue weighted by Crippen LogP contribution is -2.48. The average molecular weight is 397 g/mol. The number of benzene rings is 2. The van der Waals surface area contributed by atoms with Crippen molar-refractivity contribution >= 4 is 22.6 Å². The number of carbonyl (C=O) groups excluding carboxylic acids is 1. The molecule has 0 unspecified atom stereocenters. The number of hydrogen-bond donors (Lipinski definition) is 1. The molecule has 2 aromatic heterocycles. The van der Waals surface area contributed by atoms with Crippen molar-refractivity contribution in [3.05, 3.63) is 78.6 Å². The molecule has 1 aliphatic rings. The largest absolute Gasteiger partial charge is 0.354 e. The molecule has 3 heterocycles. The summed E-state index contributed by atoms with van der Waals surface area (Å²) >= 11 is 0. The maximum Gasteiger partial charge on any atom is 0.225 e. The lowest BCUT2D eigenvalue weighted by molar-refractivity contribution is 0.0928. The number of aromatic nitrogens is 3. The number of rotatable bonds is 5. The molecule has 1 saturated heterocycles. The first-order chi connectivity index (χ1) is 14.8. The summed E-state index contributed by atoms with van der Waals surface area (Å²) in [4.78, 5) is 30.0. The van der Waals surface area contributed by atoms with Crippen molar-refractivity contribution in [2.24, 2.45) is 0 Å². The number of para-hydroxylation sites is 1. The molecule has 0 radical (unpaired) electrons. The highest BCUT2D eigenvalue weighted by Gasteiger charge is 2.24. The molecule has 0 saturated carbocycles. The molecular formula is C24H23N5O. The Bertz CT molecular complexity index is 1150. The highest BCUT2D eigenvalue weighted by molar-refractivity contribution is 6.14. The smallest absolute Gasteiger partial charge is 0.225 e. The lowest BCUT2D eigenvalue weighted by Gasteiger charge is -2.34. The first-order valence-corrected chi connectivity index (χ1v) is 10.2. The monoisotopic (exact) mass is 397 g/mol. The van der Waals surface area contributed by atoms with Crippen molar-refractivity contribution < 1.29 is 4.79 Å². The molecule has 5 rings (SSSR count). The van der Waals surface area contributed by atoms with Gasteiger partial charge in [-0.25, -0.2) is 9.97 Å². The van der Waals surface area contributed by atoms with Gasteiger partial charge < -0.3 is 9.88 Å². The number of carbonyl (C=O) groups is 1. The number of nitrogens with zero attached hydrogens (tertiary/aromatic N) is 4. The van der Waals surface area contributed by atoms with Crippen LogP contribution in [-0.4, -0.2) is 58.4 Å². The van der Waals surface area contributed by atoms with Crippen molar-refractivity contribution in [2.75, 3.05) is 37.6 Å². The topological polar surface area (TPSA) is 65.1 Å². The van der Waals surface area contributed by atoms with Gasteiger partial charge in [0.2, 0.25) is 5.95 Å². The summed E-state index contributed by atoms with van der Waals surface area (Å²) in [5.74, 6) is 0.905. The fourth-order valence-electron chi connectivity index (χ4n) is 4.10. The van der Waals surface area contributed by atoms with E-state index in [-0.39, 0.29) is 5.78 Å². The summed E-state index contributed by atoms with van der Waals surface area (Å²) in [5.41, 5.74) is 3.71.